The second-order valence-electron chi connectivity index (χ2n) is 7.13. The highest BCUT2D eigenvalue weighted by Crippen LogP contribution is 2.32. The molecule has 0 radical (unpaired) electrons. The number of oxime groups is 1. The van der Waals surface area contributed by atoms with Crippen LogP contribution in [0.2, 0.25) is 0 Å². The van der Waals surface area contributed by atoms with Gasteiger partial charge in [-0.25, -0.2) is 9.97 Å². The Labute approximate surface area is 165 Å². The standard InChI is InChI=1S/C23H24N4O/c28-27-22-15-19(18-11-5-2-6-12-18)14-21-20(22)16-25-23(26-21)24-13-7-10-17-8-3-1-4-9-17/h1-6,8-9,11-12,16,19,28H,7,10,13-15H2,(H,24,25,26)/b27-22+. The van der Waals surface area contributed by atoms with E-state index in [1.54, 1.807) is 6.20 Å². The molecule has 5 heteroatoms. The molecule has 5 nitrogen and oxygen atoms in total. The first-order valence-corrected chi connectivity index (χ1v) is 9.73. The lowest BCUT2D eigenvalue weighted by atomic mass is 9.82. The van der Waals surface area contributed by atoms with Crippen LogP contribution in [0.3, 0.4) is 0 Å². The van der Waals surface area contributed by atoms with Crippen LogP contribution in [0.25, 0.3) is 0 Å². The molecule has 3 aromatic rings. The predicted octanol–water partition coefficient (Wildman–Crippen LogP) is 4.43. The van der Waals surface area contributed by atoms with Gasteiger partial charge in [-0.15, -0.1) is 0 Å². The molecule has 1 aliphatic rings. The molecule has 2 aromatic carbocycles. The van der Waals surface area contributed by atoms with Crippen molar-refractivity contribution in [3.8, 4) is 0 Å². The molecule has 1 aliphatic carbocycles. The SMILES string of the molecule is O/N=C1\CC(c2ccccc2)Cc2nc(NCCCc3ccccc3)ncc21. The Bertz CT molecular complexity index is 941. The van der Waals surface area contributed by atoms with Gasteiger partial charge < -0.3 is 10.5 Å². The summed E-state index contributed by atoms with van der Waals surface area (Å²) in [6.07, 6.45) is 5.33. The van der Waals surface area contributed by atoms with Crippen LogP contribution in [0.5, 0.6) is 0 Å². The molecule has 1 unspecified atom stereocenters. The van der Waals surface area contributed by atoms with Crippen molar-refractivity contribution in [1.82, 2.24) is 9.97 Å². The van der Waals surface area contributed by atoms with E-state index >= 15 is 0 Å². The number of aromatic nitrogens is 2. The lowest BCUT2D eigenvalue weighted by molar-refractivity contribution is 0.316. The molecule has 2 N–H and O–H groups in total. The van der Waals surface area contributed by atoms with Crippen LogP contribution in [-0.2, 0) is 12.8 Å². The number of hydrogen-bond acceptors (Lipinski definition) is 5. The number of aryl methyl sites for hydroxylation is 1. The molecule has 28 heavy (non-hydrogen) atoms. The van der Waals surface area contributed by atoms with E-state index in [4.69, 9.17) is 4.98 Å². The Morgan fingerprint density at radius 3 is 2.50 bits per heavy atom. The maximum Gasteiger partial charge on any atom is 0.222 e. The Hall–Kier alpha value is -3.21. The second-order valence-corrected chi connectivity index (χ2v) is 7.13. The molecule has 0 saturated carbocycles. The third-order valence-corrected chi connectivity index (χ3v) is 5.22. The van der Waals surface area contributed by atoms with Gasteiger partial charge in [-0.1, -0.05) is 65.8 Å². The Kier molecular flexibility index (Phi) is 5.61. The maximum atomic E-state index is 9.47. The number of rotatable bonds is 6. The smallest absolute Gasteiger partial charge is 0.222 e. The van der Waals surface area contributed by atoms with Crippen LogP contribution in [0.4, 0.5) is 5.95 Å². The molecule has 0 fully saturated rings. The van der Waals surface area contributed by atoms with Gasteiger partial charge in [0.1, 0.15) is 0 Å². The highest BCUT2D eigenvalue weighted by molar-refractivity contribution is 6.02. The molecule has 0 bridgehead atoms. The lowest BCUT2D eigenvalue weighted by Crippen LogP contribution is -2.22. The van der Waals surface area contributed by atoms with Gasteiger partial charge in [-0.3, -0.25) is 0 Å². The number of fused-ring (bicyclic) bond motifs is 1. The zero-order valence-corrected chi connectivity index (χ0v) is 15.8. The fourth-order valence-electron chi connectivity index (χ4n) is 3.74. The molecule has 0 aliphatic heterocycles. The number of nitrogens with one attached hydrogen (secondary N) is 1. The zero-order valence-electron chi connectivity index (χ0n) is 15.8. The molecule has 0 spiro atoms. The molecule has 4 rings (SSSR count). The summed E-state index contributed by atoms with van der Waals surface area (Å²) in [6.45, 7) is 0.816. The van der Waals surface area contributed by atoms with Crippen molar-refractivity contribution in [3.05, 3.63) is 89.2 Å². The fraction of sp³-hybridized carbons (Fsp3) is 0.261. The van der Waals surface area contributed by atoms with E-state index in [-0.39, 0.29) is 5.92 Å². The monoisotopic (exact) mass is 372 g/mol. The Morgan fingerprint density at radius 1 is 1.00 bits per heavy atom. The van der Waals surface area contributed by atoms with E-state index in [9.17, 15) is 5.21 Å². The Morgan fingerprint density at radius 2 is 1.75 bits per heavy atom. The molecule has 1 atom stereocenters. The van der Waals surface area contributed by atoms with Gasteiger partial charge in [-0.2, -0.15) is 0 Å². The van der Waals surface area contributed by atoms with Gasteiger partial charge in [0, 0.05) is 24.7 Å². The first-order valence-electron chi connectivity index (χ1n) is 9.73. The number of benzene rings is 2. The van der Waals surface area contributed by atoms with Crippen LogP contribution in [0.15, 0.2) is 72.0 Å². The highest BCUT2D eigenvalue weighted by atomic mass is 16.4. The average Bonchev–Trinajstić information content (AvgIpc) is 2.77. The van der Waals surface area contributed by atoms with Crippen molar-refractivity contribution in [2.24, 2.45) is 5.16 Å². The minimum Gasteiger partial charge on any atom is -0.411 e. The summed E-state index contributed by atoms with van der Waals surface area (Å²) in [5.74, 6) is 0.901. The summed E-state index contributed by atoms with van der Waals surface area (Å²) >= 11 is 0. The second kappa shape index (κ2) is 8.65. The average molecular weight is 372 g/mol. The minimum absolute atomic E-state index is 0.264. The first-order chi connectivity index (χ1) is 13.8. The number of hydrogen-bond donors (Lipinski definition) is 2. The lowest BCUT2D eigenvalue weighted by Gasteiger charge is -2.25. The van der Waals surface area contributed by atoms with Gasteiger partial charge in [0.15, 0.2) is 0 Å². The molecule has 1 heterocycles. The molecular weight excluding hydrogens is 348 g/mol. The summed E-state index contributed by atoms with van der Waals surface area (Å²) in [5.41, 5.74) is 5.03. The zero-order chi connectivity index (χ0) is 19.2. The van der Waals surface area contributed by atoms with Crippen molar-refractivity contribution < 1.29 is 5.21 Å². The summed E-state index contributed by atoms with van der Waals surface area (Å²) < 4.78 is 0. The van der Waals surface area contributed by atoms with Crippen LogP contribution in [-0.4, -0.2) is 27.4 Å². The van der Waals surface area contributed by atoms with E-state index < -0.39 is 0 Å². The summed E-state index contributed by atoms with van der Waals surface area (Å²) in [7, 11) is 0. The minimum atomic E-state index is 0.264. The van der Waals surface area contributed by atoms with Crippen molar-refractivity contribution in [2.45, 2.75) is 31.6 Å². The predicted molar refractivity (Wildman–Crippen MR) is 111 cm³/mol. The maximum absolute atomic E-state index is 9.47. The molecule has 1 aromatic heterocycles. The number of nitrogens with zero attached hydrogens (tertiary/aromatic N) is 3. The van der Waals surface area contributed by atoms with Gasteiger partial charge in [0.05, 0.1) is 11.4 Å². The molecule has 0 amide bonds. The van der Waals surface area contributed by atoms with Crippen LogP contribution >= 0.6 is 0 Å². The van der Waals surface area contributed by atoms with E-state index in [0.717, 1.165) is 37.1 Å². The summed E-state index contributed by atoms with van der Waals surface area (Å²) in [4.78, 5) is 9.14. The molecule has 0 saturated heterocycles. The normalized spacial score (nSPS) is 17.3. The van der Waals surface area contributed by atoms with Crippen molar-refractivity contribution in [3.63, 3.8) is 0 Å². The quantitative estimate of drug-likeness (QED) is 0.381. The van der Waals surface area contributed by atoms with Gasteiger partial charge in [-0.05, 0) is 36.3 Å². The van der Waals surface area contributed by atoms with Crippen LogP contribution < -0.4 is 5.32 Å². The van der Waals surface area contributed by atoms with E-state index in [2.05, 4.69) is 51.9 Å². The van der Waals surface area contributed by atoms with Crippen molar-refractivity contribution >= 4 is 11.7 Å². The van der Waals surface area contributed by atoms with Gasteiger partial charge in [0.2, 0.25) is 5.95 Å². The first kappa shape index (κ1) is 18.2. The van der Waals surface area contributed by atoms with Crippen LogP contribution in [0, 0.1) is 0 Å². The Balaban J connectivity index is 1.43. The third-order valence-electron chi connectivity index (χ3n) is 5.22. The van der Waals surface area contributed by atoms with Gasteiger partial charge >= 0.3 is 0 Å². The number of anilines is 1. The van der Waals surface area contributed by atoms with Crippen molar-refractivity contribution in [1.29, 1.82) is 0 Å². The van der Waals surface area contributed by atoms with E-state index in [1.165, 1.54) is 11.1 Å². The fourth-order valence-corrected chi connectivity index (χ4v) is 3.74. The molecule has 142 valence electrons. The highest BCUT2D eigenvalue weighted by Gasteiger charge is 2.27. The van der Waals surface area contributed by atoms with Crippen LogP contribution in [0.1, 0.15) is 41.1 Å². The molecular formula is C23H24N4O. The van der Waals surface area contributed by atoms with Gasteiger partial charge in [0.25, 0.3) is 0 Å². The van der Waals surface area contributed by atoms with Crippen molar-refractivity contribution in [2.75, 3.05) is 11.9 Å². The third kappa shape index (κ3) is 4.19. The topological polar surface area (TPSA) is 70.4 Å². The largest absolute Gasteiger partial charge is 0.411 e. The summed E-state index contributed by atoms with van der Waals surface area (Å²) in [5, 5.41) is 16.3. The summed E-state index contributed by atoms with van der Waals surface area (Å²) in [6, 6.07) is 20.8. The van der Waals surface area contributed by atoms with E-state index in [0.29, 0.717) is 18.1 Å². The van der Waals surface area contributed by atoms with E-state index in [1.807, 2.05) is 24.3 Å².